The first-order valence-corrected chi connectivity index (χ1v) is 5.11. The SMILES string of the molecule is CNc1nc(NCC(C)(C)C)c(F)cc1F. The Hall–Kier alpha value is -1.39. The number of aromatic nitrogens is 1. The van der Waals surface area contributed by atoms with Gasteiger partial charge >= 0.3 is 0 Å². The summed E-state index contributed by atoms with van der Waals surface area (Å²) in [6.45, 7) is 6.60. The molecule has 0 aliphatic heterocycles. The van der Waals surface area contributed by atoms with E-state index in [1.165, 1.54) is 7.05 Å². The van der Waals surface area contributed by atoms with Gasteiger partial charge in [0.15, 0.2) is 23.3 Å². The summed E-state index contributed by atoms with van der Waals surface area (Å²) in [5, 5.41) is 5.43. The summed E-state index contributed by atoms with van der Waals surface area (Å²) < 4.78 is 26.5. The van der Waals surface area contributed by atoms with Gasteiger partial charge in [-0.3, -0.25) is 0 Å². The Labute approximate surface area is 94.3 Å². The predicted octanol–water partition coefficient (Wildman–Crippen LogP) is 2.86. The zero-order valence-electron chi connectivity index (χ0n) is 9.99. The monoisotopic (exact) mass is 229 g/mol. The molecule has 90 valence electrons. The molecule has 0 aliphatic rings. The van der Waals surface area contributed by atoms with Crippen molar-refractivity contribution in [2.45, 2.75) is 20.8 Å². The van der Waals surface area contributed by atoms with Crippen LogP contribution in [0.25, 0.3) is 0 Å². The van der Waals surface area contributed by atoms with Crippen LogP contribution in [0.5, 0.6) is 0 Å². The third-order valence-corrected chi connectivity index (χ3v) is 1.95. The molecule has 5 heteroatoms. The van der Waals surface area contributed by atoms with Gasteiger partial charge in [-0.05, 0) is 5.41 Å². The largest absolute Gasteiger partial charge is 0.371 e. The number of nitrogens with zero attached hydrogens (tertiary/aromatic N) is 1. The molecular weight excluding hydrogens is 212 g/mol. The molecule has 1 aromatic rings. The summed E-state index contributed by atoms with van der Waals surface area (Å²) in [6, 6.07) is 0.823. The van der Waals surface area contributed by atoms with Crippen molar-refractivity contribution in [2.24, 2.45) is 5.41 Å². The molecule has 16 heavy (non-hydrogen) atoms. The molecule has 1 rings (SSSR count). The van der Waals surface area contributed by atoms with Crippen molar-refractivity contribution in [3.05, 3.63) is 17.7 Å². The van der Waals surface area contributed by atoms with Gasteiger partial charge in [0.05, 0.1) is 0 Å². The van der Waals surface area contributed by atoms with E-state index in [2.05, 4.69) is 15.6 Å². The number of pyridine rings is 1. The van der Waals surface area contributed by atoms with Crippen molar-refractivity contribution in [1.29, 1.82) is 0 Å². The standard InChI is InChI=1S/C11H17F2N3/c1-11(2,3)6-15-10-8(13)5-7(12)9(14-4)16-10/h5H,6H2,1-4H3,(H2,14,15,16). The van der Waals surface area contributed by atoms with Crippen LogP contribution in [-0.2, 0) is 0 Å². The molecular formula is C11H17F2N3. The number of rotatable bonds is 3. The maximum absolute atomic E-state index is 13.3. The molecule has 0 fully saturated rings. The van der Waals surface area contributed by atoms with Gasteiger partial charge in [0.1, 0.15) is 0 Å². The van der Waals surface area contributed by atoms with Gasteiger partial charge in [0, 0.05) is 19.7 Å². The van der Waals surface area contributed by atoms with Gasteiger partial charge < -0.3 is 10.6 Å². The van der Waals surface area contributed by atoms with Crippen LogP contribution in [0.1, 0.15) is 20.8 Å². The fourth-order valence-corrected chi connectivity index (χ4v) is 1.11. The number of halogens is 2. The van der Waals surface area contributed by atoms with Crippen molar-refractivity contribution in [2.75, 3.05) is 24.2 Å². The molecule has 0 saturated heterocycles. The summed E-state index contributed by atoms with van der Waals surface area (Å²) in [6.07, 6.45) is 0. The second kappa shape index (κ2) is 4.63. The zero-order chi connectivity index (χ0) is 12.3. The molecule has 1 heterocycles. The van der Waals surface area contributed by atoms with Crippen LogP contribution in [0.15, 0.2) is 6.07 Å². The maximum Gasteiger partial charge on any atom is 0.168 e. The predicted molar refractivity (Wildman–Crippen MR) is 61.6 cm³/mol. The molecule has 3 nitrogen and oxygen atoms in total. The highest BCUT2D eigenvalue weighted by atomic mass is 19.1. The van der Waals surface area contributed by atoms with Crippen LogP contribution in [0, 0.1) is 17.0 Å². The second-order valence-corrected chi connectivity index (χ2v) is 4.81. The molecule has 1 aromatic heterocycles. The Morgan fingerprint density at radius 2 is 1.75 bits per heavy atom. The first kappa shape index (κ1) is 12.7. The lowest BCUT2D eigenvalue weighted by Gasteiger charge is -2.19. The minimum absolute atomic E-state index is 0.00229. The van der Waals surface area contributed by atoms with Gasteiger partial charge in [-0.1, -0.05) is 20.8 Å². The Morgan fingerprint density at radius 1 is 1.19 bits per heavy atom. The van der Waals surface area contributed by atoms with E-state index in [-0.39, 0.29) is 17.1 Å². The lowest BCUT2D eigenvalue weighted by atomic mass is 9.97. The average Bonchev–Trinajstić information content (AvgIpc) is 2.15. The highest BCUT2D eigenvalue weighted by molar-refractivity contribution is 5.47. The van der Waals surface area contributed by atoms with Crippen LogP contribution < -0.4 is 10.6 Å². The molecule has 0 spiro atoms. The summed E-state index contributed by atoms with van der Waals surface area (Å²) in [7, 11) is 1.54. The average molecular weight is 229 g/mol. The van der Waals surface area contributed by atoms with Crippen molar-refractivity contribution < 1.29 is 8.78 Å². The molecule has 0 bridgehead atoms. The maximum atomic E-state index is 13.3. The summed E-state index contributed by atoms with van der Waals surface area (Å²) >= 11 is 0. The van der Waals surface area contributed by atoms with E-state index in [1.54, 1.807) is 0 Å². The second-order valence-electron chi connectivity index (χ2n) is 4.81. The highest BCUT2D eigenvalue weighted by Gasteiger charge is 2.14. The van der Waals surface area contributed by atoms with E-state index >= 15 is 0 Å². The normalized spacial score (nSPS) is 11.4. The third kappa shape index (κ3) is 3.32. The van der Waals surface area contributed by atoms with E-state index in [4.69, 9.17) is 0 Å². The minimum atomic E-state index is -0.693. The number of nitrogens with one attached hydrogen (secondary N) is 2. The van der Waals surface area contributed by atoms with Gasteiger partial charge in [-0.25, -0.2) is 13.8 Å². The van der Waals surface area contributed by atoms with Gasteiger partial charge in [0.25, 0.3) is 0 Å². The van der Waals surface area contributed by atoms with E-state index in [1.807, 2.05) is 20.8 Å². The molecule has 0 amide bonds. The summed E-state index contributed by atoms with van der Waals surface area (Å²) in [5.74, 6) is -1.26. The molecule has 0 unspecified atom stereocenters. The molecule has 0 aromatic carbocycles. The molecule has 0 atom stereocenters. The first-order valence-electron chi connectivity index (χ1n) is 5.11. The fraction of sp³-hybridized carbons (Fsp3) is 0.545. The van der Waals surface area contributed by atoms with Gasteiger partial charge in [0.2, 0.25) is 0 Å². The summed E-state index contributed by atoms with van der Waals surface area (Å²) in [4.78, 5) is 3.82. The van der Waals surface area contributed by atoms with Crippen LogP contribution in [-0.4, -0.2) is 18.6 Å². The zero-order valence-corrected chi connectivity index (χ0v) is 9.99. The molecule has 0 aliphatic carbocycles. The van der Waals surface area contributed by atoms with Crippen LogP contribution >= 0.6 is 0 Å². The smallest absolute Gasteiger partial charge is 0.168 e. The Bertz CT molecular complexity index is 372. The van der Waals surface area contributed by atoms with Crippen LogP contribution in [0.3, 0.4) is 0 Å². The quantitative estimate of drug-likeness (QED) is 0.836. The van der Waals surface area contributed by atoms with Crippen molar-refractivity contribution >= 4 is 11.6 Å². The number of hydrogen-bond acceptors (Lipinski definition) is 3. The van der Waals surface area contributed by atoms with Crippen LogP contribution in [0.2, 0.25) is 0 Å². The Balaban J connectivity index is 2.88. The van der Waals surface area contributed by atoms with E-state index in [0.29, 0.717) is 6.54 Å². The van der Waals surface area contributed by atoms with Crippen molar-refractivity contribution in [3.63, 3.8) is 0 Å². The number of hydrogen-bond donors (Lipinski definition) is 2. The fourth-order valence-electron chi connectivity index (χ4n) is 1.11. The Morgan fingerprint density at radius 3 is 2.25 bits per heavy atom. The lowest BCUT2D eigenvalue weighted by Crippen LogP contribution is -2.20. The number of anilines is 2. The van der Waals surface area contributed by atoms with Gasteiger partial charge in [-0.2, -0.15) is 0 Å². The van der Waals surface area contributed by atoms with E-state index in [0.717, 1.165) is 6.07 Å². The Kier molecular flexibility index (Phi) is 3.67. The summed E-state index contributed by atoms with van der Waals surface area (Å²) in [5.41, 5.74) is 0.00229. The minimum Gasteiger partial charge on any atom is -0.371 e. The van der Waals surface area contributed by atoms with Crippen molar-refractivity contribution in [1.82, 2.24) is 4.98 Å². The van der Waals surface area contributed by atoms with Gasteiger partial charge in [-0.15, -0.1) is 0 Å². The van der Waals surface area contributed by atoms with Crippen LogP contribution in [0.4, 0.5) is 20.4 Å². The highest BCUT2D eigenvalue weighted by Crippen LogP contribution is 2.20. The first-order chi connectivity index (χ1) is 7.33. The molecule has 0 radical (unpaired) electrons. The molecule has 2 N–H and O–H groups in total. The molecule has 0 saturated carbocycles. The lowest BCUT2D eigenvalue weighted by molar-refractivity contribution is 0.441. The van der Waals surface area contributed by atoms with E-state index in [9.17, 15) is 8.78 Å². The van der Waals surface area contributed by atoms with E-state index < -0.39 is 11.6 Å². The topological polar surface area (TPSA) is 37.0 Å². The third-order valence-electron chi connectivity index (χ3n) is 1.95. The van der Waals surface area contributed by atoms with Crippen molar-refractivity contribution in [3.8, 4) is 0 Å².